The van der Waals surface area contributed by atoms with E-state index in [1.165, 1.54) is 12.1 Å². The first-order chi connectivity index (χ1) is 14.0. The van der Waals surface area contributed by atoms with Crippen molar-refractivity contribution in [2.24, 2.45) is 0 Å². The molecular weight excluding hydrogens is 387 g/mol. The summed E-state index contributed by atoms with van der Waals surface area (Å²) in [6.45, 7) is 4.48. The highest BCUT2D eigenvalue weighted by molar-refractivity contribution is 7.10. The number of nitrogens with zero attached hydrogens (tertiary/aromatic N) is 1. The van der Waals surface area contributed by atoms with E-state index in [1.807, 2.05) is 49.6 Å². The minimum atomic E-state index is -0.337. The van der Waals surface area contributed by atoms with E-state index in [0.717, 1.165) is 27.6 Å². The number of carbonyl (C=O) groups is 1. The Balaban J connectivity index is 1.62. The number of aryl methyl sites for hydroxylation is 1. The quantitative estimate of drug-likeness (QED) is 0.460. The summed E-state index contributed by atoms with van der Waals surface area (Å²) in [5.41, 5.74) is 3.32. The molecule has 6 heteroatoms. The number of hydrogen-bond acceptors (Lipinski definition) is 3. The van der Waals surface area contributed by atoms with Crippen LogP contribution in [0.15, 0.2) is 70.7 Å². The molecule has 1 atom stereocenters. The summed E-state index contributed by atoms with van der Waals surface area (Å²) < 4.78 is 20.9. The Hall–Kier alpha value is -3.12. The maximum Gasteiger partial charge on any atom is 0.253 e. The lowest BCUT2D eigenvalue weighted by Gasteiger charge is -2.18. The van der Waals surface area contributed by atoms with Crippen LogP contribution in [-0.2, 0) is 6.54 Å². The molecule has 0 saturated heterocycles. The first kappa shape index (κ1) is 19.2. The second kappa shape index (κ2) is 8.09. The van der Waals surface area contributed by atoms with E-state index in [9.17, 15) is 9.18 Å². The lowest BCUT2D eigenvalue weighted by atomic mass is 10.0. The topological polar surface area (TPSA) is 47.2 Å². The third-order valence-corrected chi connectivity index (χ3v) is 5.96. The standard InChI is InChI=1S/C23H21FN2O2S/c1-15-13-20(16(2)26(15)14-19-5-3-11-28-19)23(27)25-22(21-6-4-12-29-21)17-7-9-18(24)10-8-17/h3-13,22H,14H2,1-2H3,(H,25,27). The number of hydrogen-bond donors (Lipinski definition) is 1. The fourth-order valence-corrected chi connectivity index (χ4v) is 4.27. The van der Waals surface area contributed by atoms with Crippen LogP contribution in [0.1, 0.15) is 44.0 Å². The van der Waals surface area contributed by atoms with Gasteiger partial charge in [0.1, 0.15) is 11.6 Å². The van der Waals surface area contributed by atoms with Gasteiger partial charge in [0, 0.05) is 16.3 Å². The third kappa shape index (κ3) is 4.03. The average molecular weight is 408 g/mol. The van der Waals surface area contributed by atoms with Crippen molar-refractivity contribution in [2.45, 2.75) is 26.4 Å². The molecule has 0 saturated carbocycles. The maximum atomic E-state index is 13.4. The molecule has 1 aromatic carbocycles. The molecule has 4 aromatic rings. The Kier molecular flexibility index (Phi) is 5.36. The highest BCUT2D eigenvalue weighted by Crippen LogP contribution is 2.27. The summed E-state index contributed by atoms with van der Waals surface area (Å²) in [5, 5.41) is 5.09. The van der Waals surface area contributed by atoms with E-state index in [0.29, 0.717) is 12.1 Å². The molecule has 0 bridgehead atoms. The van der Waals surface area contributed by atoms with Crippen LogP contribution in [0.25, 0.3) is 0 Å². The number of amides is 1. The molecule has 0 fully saturated rings. The first-order valence-corrected chi connectivity index (χ1v) is 10.2. The Morgan fingerprint density at radius 2 is 1.97 bits per heavy atom. The van der Waals surface area contributed by atoms with Crippen molar-refractivity contribution in [3.8, 4) is 0 Å². The summed E-state index contributed by atoms with van der Waals surface area (Å²) in [7, 11) is 0. The molecule has 0 aliphatic heterocycles. The smallest absolute Gasteiger partial charge is 0.253 e. The van der Waals surface area contributed by atoms with Crippen LogP contribution in [0.4, 0.5) is 4.39 Å². The molecule has 1 N–H and O–H groups in total. The van der Waals surface area contributed by atoms with Crippen molar-refractivity contribution >= 4 is 17.2 Å². The monoisotopic (exact) mass is 408 g/mol. The maximum absolute atomic E-state index is 13.4. The molecule has 0 spiro atoms. The van der Waals surface area contributed by atoms with Crippen molar-refractivity contribution in [3.05, 3.63) is 105 Å². The van der Waals surface area contributed by atoms with Gasteiger partial charge in [-0.05, 0) is 61.2 Å². The van der Waals surface area contributed by atoms with Crippen LogP contribution in [0, 0.1) is 19.7 Å². The Morgan fingerprint density at radius 3 is 2.62 bits per heavy atom. The molecule has 3 aromatic heterocycles. The lowest BCUT2D eigenvalue weighted by Crippen LogP contribution is -2.29. The fourth-order valence-electron chi connectivity index (χ4n) is 3.47. The SMILES string of the molecule is Cc1cc(C(=O)NC(c2ccc(F)cc2)c2cccs2)c(C)n1Cc1ccco1. The summed E-state index contributed by atoms with van der Waals surface area (Å²) >= 11 is 1.56. The molecule has 1 unspecified atom stereocenters. The number of furan rings is 1. The zero-order valence-corrected chi connectivity index (χ0v) is 17.0. The number of thiophene rings is 1. The highest BCUT2D eigenvalue weighted by atomic mass is 32.1. The number of nitrogens with one attached hydrogen (secondary N) is 1. The van der Waals surface area contributed by atoms with Gasteiger partial charge >= 0.3 is 0 Å². The van der Waals surface area contributed by atoms with Crippen LogP contribution in [-0.4, -0.2) is 10.5 Å². The predicted molar refractivity (Wildman–Crippen MR) is 112 cm³/mol. The van der Waals surface area contributed by atoms with E-state index in [-0.39, 0.29) is 17.8 Å². The zero-order valence-electron chi connectivity index (χ0n) is 16.2. The molecular formula is C23H21FN2O2S. The summed E-state index contributed by atoms with van der Waals surface area (Å²) in [5.74, 6) is 0.375. The average Bonchev–Trinajstić information content (AvgIpc) is 3.46. The molecule has 4 rings (SSSR count). The minimum Gasteiger partial charge on any atom is -0.467 e. The molecule has 1 amide bonds. The summed E-state index contributed by atoms with van der Waals surface area (Å²) in [4.78, 5) is 14.2. The van der Waals surface area contributed by atoms with E-state index >= 15 is 0 Å². The first-order valence-electron chi connectivity index (χ1n) is 9.32. The van der Waals surface area contributed by atoms with E-state index in [4.69, 9.17) is 4.42 Å². The van der Waals surface area contributed by atoms with Crippen LogP contribution < -0.4 is 5.32 Å². The number of rotatable bonds is 6. The third-order valence-electron chi connectivity index (χ3n) is 5.02. The van der Waals surface area contributed by atoms with Gasteiger partial charge in [0.25, 0.3) is 5.91 Å². The molecule has 0 aliphatic rings. The minimum absolute atomic E-state index is 0.161. The summed E-state index contributed by atoms with van der Waals surface area (Å²) in [6.07, 6.45) is 1.64. The van der Waals surface area contributed by atoms with E-state index in [1.54, 1.807) is 29.7 Å². The number of halogens is 1. The van der Waals surface area contributed by atoms with Gasteiger partial charge < -0.3 is 14.3 Å². The van der Waals surface area contributed by atoms with Crippen molar-refractivity contribution in [3.63, 3.8) is 0 Å². The largest absolute Gasteiger partial charge is 0.467 e. The molecule has 0 radical (unpaired) electrons. The van der Waals surface area contributed by atoms with Gasteiger partial charge in [0.2, 0.25) is 0 Å². The molecule has 4 nitrogen and oxygen atoms in total. The summed E-state index contributed by atoms with van der Waals surface area (Å²) in [6, 6.07) is 15.5. The van der Waals surface area contributed by atoms with E-state index in [2.05, 4.69) is 9.88 Å². The molecule has 148 valence electrons. The van der Waals surface area contributed by atoms with Gasteiger partial charge in [0.15, 0.2) is 0 Å². The van der Waals surface area contributed by atoms with Gasteiger partial charge in [-0.25, -0.2) is 4.39 Å². The fraction of sp³-hybridized carbons (Fsp3) is 0.174. The number of carbonyl (C=O) groups excluding carboxylic acids is 1. The van der Waals surface area contributed by atoms with Gasteiger partial charge in [-0.3, -0.25) is 4.79 Å². The van der Waals surface area contributed by atoms with Crippen LogP contribution in [0.3, 0.4) is 0 Å². The molecule has 0 aliphatic carbocycles. The zero-order chi connectivity index (χ0) is 20.4. The second-order valence-electron chi connectivity index (χ2n) is 6.92. The highest BCUT2D eigenvalue weighted by Gasteiger charge is 2.22. The Morgan fingerprint density at radius 1 is 1.17 bits per heavy atom. The van der Waals surface area contributed by atoms with Crippen LogP contribution in [0.2, 0.25) is 0 Å². The van der Waals surface area contributed by atoms with Crippen molar-refractivity contribution < 1.29 is 13.6 Å². The normalized spacial score (nSPS) is 12.1. The van der Waals surface area contributed by atoms with Gasteiger partial charge in [-0.2, -0.15) is 0 Å². The Labute approximate surface area is 172 Å². The van der Waals surface area contributed by atoms with E-state index < -0.39 is 0 Å². The lowest BCUT2D eigenvalue weighted by molar-refractivity contribution is 0.0942. The van der Waals surface area contributed by atoms with Gasteiger partial charge in [0.05, 0.1) is 24.4 Å². The number of aromatic nitrogens is 1. The van der Waals surface area contributed by atoms with Crippen molar-refractivity contribution in [1.29, 1.82) is 0 Å². The predicted octanol–water partition coefficient (Wildman–Crippen LogP) is 5.47. The van der Waals surface area contributed by atoms with Crippen molar-refractivity contribution in [2.75, 3.05) is 0 Å². The van der Waals surface area contributed by atoms with Crippen LogP contribution >= 0.6 is 11.3 Å². The van der Waals surface area contributed by atoms with Gasteiger partial charge in [-0.15, -0.1) is 11.3 Å². The van der Waals surface area contributed by atoms with Crippen molar-refractivity contribution in [1.82, 2.24) is 9.88 Å². The molecule has 29 heavy (non-hydrogen) atoms. The second-order valence-corrected chi connectivity index (χ2v) is 7.90. The number of benzene rings is 1. The van der Waals surface area contributed by atoms with Crippen LogP contribution in [0.5, 0.6) is 0 Å². The Bertz CT molecular complexity index is 1100. The molecule has 3 heterocycles. The van der Waals surface area contributed by atoms with Gasteiger partial charge in [-0.1, -0.05) is 18.2 Å².